The van der Waals surface area contributed by atoms with Gasteiger partial charge in [-0.05, 0) is 133 Å². The van der Waals surface area contributed by atoms with Gasteiger partial charge in [0.1, 0.15) is 22.8 Å². The molecule has 4 aromatic heterocycles. The van der Waals surface area contributed by atoms with E-state index in [-0.39, 0.29) is 61.0 Å². The molecule has 0 saturated carbocycles. The molecule has 4 amide bonds. The molecular formula is C61H62Cl4N12O8S. The molecule has 25 heteroatoms. The highest BCUT2D eigenvalue weighted by Gasteiger charge is 2.30. The number of rotatable bonds is 15. The number of hydrogen-bond acceptors (Lipinski definition) is 10. The van der Waals surface area contributed by atoms with Gasteiger partial charge in [0.15, 0.2) is 0 Å². The first-order valence-corrected chi connectivity index (χ1v) is 30.9. The fraction of sp³-hybridized carbons (Fsp3) is 0.279. The van der Waals surface area contributed by atoms with Crippen LogP contribution in [-0.4, -0.2) is 114 Å². The van der Waals surface area contributed by atoms with Gasteiger partial charge in [-0.25, -0.2) is 0 Å². The molecule has 0 spiro atoms. The van der Waals surface area contributed by atoms with E-state index >= 15 is 0 Å². The van der Waals surface area contributed by atoms with Crippen LogP contribution in [0.1, 0.15) is 91.8 Å². The zero-order valence-electron chi connectivity index (χ0n) is 46.6. The average Bonchev–Trinajstić information content (AvgIpc) is 3.09. The van der Waals surface area contributed by atoms with Crippen molar-refractivity contribution in [3.05, 3.63) is 199 Å². The van der Waals surface area contributed by atoms with Gasteiger partial charge in [-0.3, -0.25) is 23.4 Å². The summed E-state index contributed by atoms with van der Waals surface area (Å²) in [6.07, 6.45) is 11.5. The van der Waals surface area contributed by atoms with E-state index in [1.807, 2.05) is 158 Å². The first-order valence-electron chi connectivity index (χ1n) is 27.6. The van der Waals surface area contributed by atoms with Crippen molar-refractivity contribution in [2.24, 2.45) is 10.8 Å². The summed E-state index contributed by atoms with van der Waals surface area (Å²) in [6.45, 7) is 3.34. The van der Waals surface area contributed by atoms with Crippen molar-refractivity contribution in [3.8, 4) is 44.5 Å². The number of aliphatic hydroxyl groups excluding tert-OH is 1. The number of azide groups is 1. The molecule has 0 fully saturated rings. The van der Waals surface area contributed by atoms with Gasteiger partial charge in [0.25, 0.3) is 33.7 Å². The second-order valence-corrected chi connectivity index (χ2v) is 24.1. The molecule has 86 heavy (non-hydrogen) atoms. The van der Waals surface area contributed by atoms with Gasteiger partial charge in [-0.2, -0.15) is 8.42 Å². The molecule has 0 aliphatic carbocycles. The molecule has 0 saturated heterocycles. The number of amides is 4. The van der Waals surface area contributed by atoms with Gasteiger partial charge >= 0.3 is 0 Å². The molecule has 0 bridgehead atoms. The van der Waals surface area contributed by atoms with Crippen molar-refractivity contribution in [2.75, 3.05) is 58.7 Å². The number of carbonyl (C=O) groups excluding carboxylic acids is 4. The zero-order chi connectivity index (χ0) is 61.1. The third-order valence-corrected chi connectivity index (χ3v) is 16.4. The maximum absolute atomic E-state index is 12.1. The Hall–Kier alpha value is -7.82. The highest BCUT2D eigenvalue weighted by molar-refractivity contribution is 7.86. The lowest BCUT2D eigenvalue weighted by Crippen LogP contribution is -2.39. The summed E-state index contributed by atoms with van der Waals surface area (Å²) in [5.74, 6) is -0.351. The number of carbonyl (C=O) groups is 4. The quantitative estimate of drug-likeness (QED) is 0.0246. The van der Waals surface area contributed by atoms with E-state index < -0.39 is 10.1 Å². The van der Waals surface area contributed by atoms with E-state index in [1.54, 1.807) is 6.07 Å². The number of nitrogens with one attached hydrogen (secondary N) is 4. The van der Waals surface area contributed by atoms with Gasteiger partial charge in [-0.15, -0.1) is 0 Å². The molecule has 20 nitrogen and oxygen atoms in total. The fourth-order valence-electron chi connectivity index (χ4n) is 10.6. The van der Waals surface area contributed by atoms with E-state index in [9.17, 15) is 27.6 Å². The molecule has 12 rings (SSSR count). The Bertz CT molecular complexity index is 3830. The number of aliphatic hydroxyl groups is 1. The number of nitrogens with zero attached hydrogens (tertiary/aromatic N) is 7. The Balaban J connectivity index is 0.000000137. The molecule has 8 heterocycles. The number of benzene rings is 4. The maximum atomic E-state index is 12.1. The average molecular weight is 1270 g/mol. The topological polar surface area (TPSA) is 275 Å². The molecule has 4 atom stereocenters. The maximum Gasteiger partial charge on any atom is 0.268 e. The second-order valence-electron chi connectivity index (χ2n) is 20.7. The summed E-state index contributed by atoms with van der Waals surface area (Å²) >= 11 is 24.1. The highest BCUT2D eigenvalue weighted by Crippen LogP contribution is 2.34. The van der Waals surface area contributed by atoms with Crippen LogP contribution in [0, 0.1) is 0 Å². The lowest BCUT2D eigenvalue weighted by atomic mass is 10.1. The number of aromatic nitrogens is 4. The van der Waals surface area contributed by atoms with Crippen LogP contribution in [-0.2, 0) is 14.3 Å². The molecule has 448 valence electrons. The summed E-state index contributed by atoms with van der Waals surface area (Å²) < 4.78 is 34.8. The summed E-state index contributed by atoms with van der Waals surface area (Å²) in [5.41, 5.74) is 24.2. The van der Waals surface area contributed by atoms with Gasteiger partial charge in [0, 0.05) is 111 Å². The Morgan fingerprint density at radius 2 is 0.837 bits per heavy atom. The molecule has 8 aromatic rings. The van der Waals surface area contributed by atoms with Gasteiger partial charge in [0.05, 0.1) is 37.0 Å². The van der Waals surface area contributed by atoms with Crippen LogP contribution in [0.25, 0.3) is 55.0 Å². The Morgan fingerprint density at radius 1 is 0.523 bits per heavy atom. The van der Waals surface area contributed by atoms with Gasteiger partial charge < -0.3 is 50.4 Å². The van der Waals surface area contributed by atoms with E-state index in [0.29, 0.717) is 101 Å². The van der Waals surface area contributed by atoms with Crippen LogP contribution in [0.3, 0.4) is 0 Å². The predicted molar refractivity (Wildman–Crippen MR) is 334 cm³/mol. The molecule has 0 radical (unpaired) electrons. The van der Waals surface area contributed by atoms with E-state index in [2.05, 4.69) is 31.3 Å². The molecule has 4 unspecified atom stereocenters. The fourth-order valence-corrected chi connectivity index (χ4v) is 11.8. The van der Waals surface area contributed by atoms with Crippen LogP contribution in [0.5, 0.6) is 0 Å². The lowest BCUT2D eigenvalue weighted by molar-refractivity contribution is 0.0901. The standard InChI is InChI=1S/C16H17ClN2O4S.C15H14ClN5O.C15H16ClN3O.C15H15ClN2O2/c1-24(21,22)23-6-5-14-9-18-16(20)15-8-12(10-19(14)15)11-3-2-4-13(17)7-11;16-12-3-1-2-10(6-12)11-7-14-15(22)18-8-13(21(14)9-11)4-5-19-20-17;16-12-3-1-2-10(6-12)11-7-14-15(20)18-8-13(4-5-17)19(14)9-11;16-12-3-1-2-10(6-12)11-7-14-15(20)17-8-13(4-5-19)18(14)9-11/h2-4,7-8,10,14H,5-6,9H2,1H3,(H,18,20);1-3,6-7,9,13H,4-5,8H2,(H,18,22);1-3,6-7,9,13H,4-5,8,17H2,(H,18,20);1-3,6-7,9,13,19H,4-5,8H2,(H,17,20). The van der Waals surface area contributed by atoms with Crippen molar-refractivity contribution < 1.29 is 36.9 Å². The number of halogens is 4. The minimum atomic E-state index is -3.47. The normalized spacial score (nSPS) is 17.3. The van der Waals surface area contributed by atoms with Crippen LogP contribution < -0.4 is 27.0 Å². The second kappa shape index (κ2) is 28.6. The lowest BCUT2D eigenvalue weighted by Gasteiger charge is -2.26. The highest BCUT2D eigenvalue weighted by atomic mass is 35.5. The van der Waals surface area contributed by atoms with Crippen LogP contribution in [0.15, 0.2) is 151 Å². The summed E-state index contributed by atoms with van der Waals surface area (Å²) in [5, 5.41) is 26.8. The smallest absolute Gasteiger partial charge is 0.268 e. The number of fused-ring (bicyclic) bond motifs is 4. The van der Waals surface area contributed by atoms with Crippen molar-refractivity contribution in [3.63, 3.8) is 0 Å². The first kappa shape index (κ1) is 62.7. The Morgan fingerprint density at radius 3 is 1.13 bits per heavy atom. The van der Waals surface area contributed by atoms with Crippen molar-refractivity contribution in [1.29, 1.82) is 0 Å². The summed E-state index contributed by atoms with van der Waals surface area (Å²) in [6, 6.07) is 37.9. The van der Waals surface area contributed by atoms with Crippen molar-refractivity contribution in [2.45, 2.75) is 49.9 Å². The molecular weight excluding hydrogens is 1200 g/mol. The van der Waals surface area contributed by atoms with Crippen LogP contribution in [0.2, 0.25) is 20.1 Å². The molecule has 4 aliphatic heterocycles. The van der Waals surface area contributed by atoms with Crippen molar-refractivity contribution >= 4 is 80.2 Å². The van der Waals surface area contributed by atoms with Crippen molar-refractivity contribution in [1.82, 2.24) is 39.5 Å². The summed E-state index contributed by atoms with van der Waals surface area (Å²) in [7, 11) is -3.47. The van der Waals surface area contributed by atoms with Crippen LogP contribution >= 0.6 is 46.4 Å². The third kappa shape index (κ3) is 15.6. The zero-order valence-corrected chi connectivity index (χ0v) is 50.4. The minimum Gasteiger partial charge on any atom is -0.396 e. The largest absolute Gasteiger partial charge is 0.396 e. The number of hydrogen-bond donors (Lipinski definition) is 6. The minimum absolute atomic E-state index is 0.0356. The summed E-state index contributed by atoms with van der Waals surface area (Å²) in [4.78, 5) is 50.8. The first-order chi connectivity index (χ1) is 41.4. The van der Waals surface area contributed by atoms with Crippen LogP contribution in [0.4, 0.5) is 0 Å². The molecule has 4 aliphatic rings. The van der Waals surface area contributed by atoms with E-state index in [0.717, 1.165) is 57.2 Å². The Kier molecular flexibility index (Phi) is 20.8. The molecule has 7 N–H and O–H groups in total. The van der Waals surface area contributed by atoms with E-state index in [1.165, 1.54) is 0 Å². The monoisotopic (exact) mass is 1260 g/mol. The van der Waals surface area contributed by atoms with E-state index in [4.69, 9.17) is 67.0 Å². The SMILES string of the molecule is CS(=O)(=O)OCCC1CNC(=O)c2cc(-c3cccc(Cl)c3)cn21.NCCC1CNC(=O)c2cc(-c3cccc(Cl)c3)cn21.O=C1NCC(CCO)n2cc(-c3cccc(Cl)c3)cc21.[N-]=[N+]=NCCC1CNC(=O)c2cc(-c3cccc(Cl)c3)cn21. The third-order valence-electron chi connectivity index (χ3n) is 14.9. The molecule has 4 aromatic carbocycles. The van der Waals surface area contributed by atoms with Gasteiger partial charge in [-0.1, -0.05) is 100 Å². The predicted octanol–water partition coefficient (Wildman–Crippen LogP) is 11.2. The number of nitrogens with two attached hydrogens (primary N) is 1. The Labute approximate surface area is 516 Å². The van der Waals surface area contributed by atoms with Gasteiger partial charge in [0.2, 0.25) is 0 Å².